The molecule has 0 radical (unpaired) electrons. The highest BCUT2D eigenvalue weighted by Gasteiger charge is 2.75. The largest absolute Gasteiger partial charge is 0.455 e. The number of rotatable bonds is 17. The van der Waals surface area contributed by atoms with Gasteiger partial charge in [0.1, 0.15) is 17.7 Å². The van der Waals surface area contributed by atoms with Crippen molar-refractivity contribution in [3.63, 3.8) is 0 Å². The summed E-state index contributed by atoms with van der Waals surface area (Å²) in [6.45, 7) is 15.2. The zero-order chi connectivity index (χ0) is 33.6. The second kappa shape index (κ2) is 15.4. The Kier molecular flexibility index (Phi) is 11.8. The molecule has 1 unspecified atom stereocenters. The number of hydrogen-bond donors (Lipinski definition) is 2. The van der Waals surface area contributed by atoms with Gasteiger partial charge < -0.3 is 29.7 Å². The molecule has 1 aromatic rings. The summed E-state index contributed by atoms with van der Waals surface area (Å²) in [5.74, 6) is -3.28. The average Bonchev–Trinajstić information content (AvgIpc) is 3.69. The van der Waals surface area contributed by atoms with E-state index < -0.39 is 53.7 Å². The number of allylic oxidation sites excluding steroid dienone is 1. The molecule has 252 valence electrons. The van der Waals surface area contributed by atoms with Gasteiger partial charge in [-0.25, -0.2) is 0 Å². The molecule has 3 aliphatic heterocycles. The fraction of sp³-hybridized carbons (Fsp3) is 0.611. The maximum absolute atomic E-state index is 14.5. The molecule has 2 bridgehead atoms. The fourth-order valence-electron chi connectivity index (χ4n) is 7.74. The van der Waals surface area contributed by atoms with Gasteiger partial charge in [-0.15, -0.1) is 13.2 Å². The molecule has 0 aliphatic carbocycles. The van der Waals surface area contributed by atoms with Crippen molar-refractivity contribution in [2.45, 2.75) is 115 Å². The van der Waals surface area contributed by atoms with E-state index in [1.165, 1.54) is 4.90 Å². The van der Waals surface area contributed by atoms with E-state index in [0.717, 1.165) is 12.8 Å². The third-order valence-corrected chi connectivity index (χ3v) is 9.96. The summed E-state index contributed by atoms with van der Waals surface area (Å²) in [4.78, 5) is 59.1. The molecule has 1 aromatic carbocycles. The first-order valence-corrected chi connectivity index (χ1v) is 16.8. The Labute approximate surface area is 273 Å². The number of hydrogen-bond acceptors (Lipinski definition) is 7. The van der Waals surface area contributed by atoms with Crippen molar-refractivity contribution in [1.29, 1.82) is 0 Å². The number of carbonyl (C=O) groups excluding carboxylic acids is 4. The lowest BCUT2D eigenvalue weighted by Gasteiger charge is -2.40. The lowest BCUT2D eigenvalue weighted by Crippen LogP contribution is -2.60. The Morgan fingerprint density at radius 1 is 1.20 bits per heavy atom. The molecule has 0 aromatic heterocycles. The predicted molar refractivity (Wildman–Crippen MR) is 174 cm³/mol. The van der Waals surface area contributed by atoms with Gasteiger partial charge in [0.05, 0.1) is 36.6 Å². The average molecular weight is 638 g/mol. The van der Waals surface area contributed by atoms with E-state index >= 15 is 0 Å². The molecule has 1 spiro atoms. The molecule has 4 rings (SSSR count). The van der Waals surface area contributed by atoms with Gasteiger partial charge in [-0.1, -0.05) is 62.8 Å². The van der Waals surface area contributed by atoms with Crippen LogP contribution in [0, 0.1) is 11.8 Å². The van der Waals surface area contributed by atoms with Gasteiger partial charge >= 0.3 is 5.97 Å². The lowest BCUT2D eigenvalue weighted by molar-refractivity contribution is -0.162. The van der Waals surface area contributed by atoms with Crippen LogP contribution in [0.5, 0.6) is 0 Å². The van der Waals surface area contributed by atoms with Crippen LogP contribution >= 0.6 is 0 Å². The minimum absolute atomic E-state index is 0.105. The summed E-state index contributed by atoms with van der Waals surface area (Å²) in [5, 5.41) is 13.3. The normalized spacial score (nSPS) is 27.3. The summed E-state index contributed by atoms with van der Waals surface area (Å²) in [5.41, 5.74) is -0.515. The Bertz CT molecular complexity index is 1270. The summed E-state index contributed by atoms with van der Waals surface area (Å²) in [6, 6.07) is 6.92. The standard InChI is InChI=1S/C36H51N3O7/c1-7-11-18-28(41)37-24(6)31(25-16-13-12-14-17-25)45-35(44)29-27-19-20-36(46-27)30(29)33(42)39(26(10-4)22-40)32(36)34(43)38(21-9-3)23(5)15-8-2/h7,9,12-14,16-17,23-24,26-27,29-32,40H,1,3,8,10-11,15,18-22H2,2,4-6H3,(H,37,41)/t23?,24-,26+,27-,29+,30+,31-,32-,36+/m1/s1. The maximum Gasteiger partial charge on any atom is 0.313 e. The summed E-state index contributed by atoms with van der Waals surface area (Å²) >= 11 is 0. The van der Waals surface area contributed by atoms with Gasteiger partial charge in [-0.2, -0.15) is 0 Å². The van der Waals surface area contributed by atoms with Gasteiger partial charge in [0.2, 0.25) is 17.7 Å². The van der Waals surface area contributed by atoms with Crippen LogP contribution in [0.25, 0.3) is 0 Å². The van der Waals surface area contributed by atoms with Gasteiger partial charge in [0.25, 0.3) is 0 Å². The Morgan fingerprint density at radius 3 is 2.52 bits per heavy atom. The van der Waals surface area contributed by atoms with Crippen molar-refractivity contribution in [3.05, 3.63) is 61.2 Å². The van der Waals surface area contributed by atoms with Crippen LogP contribution in [-0.2, 0) is 28.7 Å². The molecular formula is C36H51N3O7. The van der Waals surface area contributed by atoms with Crippen LogP contribution in [0.15, 0.2) is 55.6 Å². The van der Waals surface area contributed by atoms with Crippen molar-refractivity contribution in [2.75, 3.05) is 13.2 Å². The van der Waals surface area contributed by atoms with E-state index in [1.54, 1.807) is 24.0 Å². The number of carbonyl (C=O) groups is 4. The molecule has 10 heteroatoms. The van der Waals surface area contributed by atoms with E-state index in [0.29, 0.717) is 37.8 Å². The molecule has 3 fully saturated rings. The van der Waals surface area contributed by atoms with Crippen LogP contribution in [-0.4, -0.2) is 87.6 Å². The SMILES string of the molecule is C=CCCC(=O)N[C@H](C)[C@@H](OC(=O)[C@@H]1[C@H]2C(=O)N([C@@H](CC)CO)[C@H](C(=O)N(CC=C)C(C)CCC)[C@]23CC[C@H]1O3)c1ccccc1. The molecule has 3 aliphatic rings. The van der Waals surface area contributed by atoms with E-state index in [2.05, 4.69) is 25.4 Å². The van der Waals surface area contributed by atoms with Crippen LogP contribution < -0.4 is 5.32 Å². The Balaban J connectivity index is 1.69. The number of benzene rings is 1. The van der Waals surface area contributed by atoms with Crippen molar-refractivity contribution in [3.8, 4) is 0 Å². The van der Waals surface area contributed by atoms with Crippen molar-refractivity contribution in [2.24, 2.45) is 11.8 Å². The third-order valence-electron chi connectivity index (χ3n) is 9.96. The molecular weight excluding hydrogens is 586 g/mol. The zero-order valence-electron chi connectivity index (χ0n) is 27.7. The van der Waals surface area contributed by atoms with E-state index in [1.807, 2.05) is 44.2 Å². The molecule has 9 atom stereocenters. The first-order chi connectivity index (χ1) is 22.1. The third kappa shape index (κ3) is 6.65. The lowest BCUT2D eigenvalue weighted by atomic mass is 9.70. The maximum atomic E-state index is 14.5. The van der Waals surface area contributed by atoms with Gasteiger partial charge in [0, 0.05) is 19.0 Å². The minimum Gasteiger partial charge on any atom is -0.455 e. The summed E-state index contributed by atoms with van der Waals surface area (Å²) < 4.78 is 12.8. The van der Waals surface area contributed by atoms with Crippen molar-refractivity contribution < 1.29 is 33.8 Å². The van der Waals surface area contributed by atoms with Crippen LogP contribution in [0.4, 0.5) is 0 Å². The fourth-order valence-corrected chi connectivity index (χ4v) is 7.74. The summed E-state index contributed by atoms with van der Waals surface area (Å²) in [6.07, 6.45) is 5.72. The van der Waals surface area contributed by atoms with Gasteiger partial charge in [0.15, 0.2) is 0 Å². The van der Waals surface area contributed by atoms with Crippen LogP contribution in [0.1, 0.15) is 84.3 Å². The first kappa shape index (κ1) is 35.4. The number of nitrogens with zero attached hydrogens (tertiary/aromatic N) is 2. The minimum atomic E-state index is -1.22. The number of esters is 1. The second-order valence-corrected chi connectivity index (χ2v) is 12.9. The quantitative estimate of drug-likeness (QED) is 0.195. The molecule has 3 saturated heterocycles. The Hall–Kier alpha value is -3.50. The van der Waals surface area contributed by atoms with Crippen LogP contribution in [0.2, 0.25) is 0 Å². The number of aliphatic hydroxyl groups is 1. The summed E-state index contributed by atoms with van der Waals surface area (Å²) in [7, 11) is 0. The van der Waals surface area contributed by atoms with Crippen molar-refractivity contribution >= 4 is 23.7 Å². The number of ether oxygens (including phenoxy) is 2. The van der Waals surface area contributed by atoms with E-state index in [9.17, 15) is 24.3 Å². The highest BCUT2D eigenvalue weighted by atomic mass is 16.6. The molecule has 46 heavy (non-hydrogen) atoms. The van der Waals surface area contributed by atoms with E-state index in [4.69, 9.17) is 9.47 Å². The van der Waals surface area contributed by atoms with Crippen molar-refractivity contribution in [1.82, 2.24) is 15.1 Å². The highest BCUT2D eigenvalue weighted by molar-refractivity contribution is 5.98. The molecule has 3 amide bonds. The number of likely N-dealkylation sites (tertiary alicyclic amines) is 1. The number of aliphatic hydroxyl groups excluding tert-OH is 1. The second-order valence-electron chi connectivity index (χ2n) is 12.9. The molecule has 2 N–H and O–H groups in total. The Morgan fingerprint density at radius 2 is 1.91 bits per heavy atom. The first-order valence-electron chi connectivity index (χ1n) is 16.8. The topological polar surface area (TPSA) is 125 Å². The van der Waals surface area contributed by atoms with Gasteiger partial charge in [-0.05, 0) is 51.5 Å². The van der Waals surface area contributed by atoms with Crippen LogP contribution in [0.3, 0.4) is 0 Å². The van der Waals surface area contributed by atoms with Gasteiger partial charge in [-0.3, -0.25) is 19.2 Å². The highest BCUT2D eigenvalue weighted by Crippen LogP contribution is 2.59. The zero-order valence-corrected chi connectivity index (χ0v) is 27.7. The molecule has 0 saturated carbocycles. The predicted octanol–water partition coefficient (Wildman–Crippen LogP) is 4.09. The van der Waals surface area contributed by atoms with E-state index in [-0.39, 0.29) is 36.8 Å². The monoisotopic (exact) mass is 637 g/mol. The number of fused-ring (bicyclic) bond motifs is 1. The number of amides is 3. The molecule has 3 heterocycles. The smallest absolute Gasteiger partial charge is 0.313 e. The molecule has 10 nitrogen and oxygen atoms in total. The number of nitrogens with one attached hydrogen (secondary N) is 1.